The normalized spacial score (nSPS) is 22.7. The Hall–Kier alpha value is -2.16. The predicted molar refractivity (Wildman–Crippen MR) is 78.4 cm³/mol. The Morgan fingerprint density at radius 3 is 1.78 bits per heavy atom. The van der Waals surface area contributed by atoms with E-state index in [-0.39, 0.29) is 26.4 Å². The molecule has 0 saturated carbocycles. The molecule has 2 atom stereocenters. The van der Waals surface area contributed by atoms with Crippen molar-refractivity contribution in [1.29, 1.82) is 0 Å². The molecular formula is C14H20N2O7. The summed E-state index contributed by atoms with van der Waals surface area (Å²) in [5.74, 6) is -0.182. The second-order valence-corrected chi connectivity index (χ2v) is 4.70. The number of ether oxygens (including phenoxy) is 5. The van der Waals surface area contributed by atoms with Crippen LogP contribution in [0.25, 0.3) is 0 Å². The minimum absolute atomic E-state index is 0.0857. The van der Waals surface area contributed by atoms with Gasteiger partial charge in [0.2, 0.25) is 11.8 Å². The van der Waals surface area contributed by atoms with E-state index in [1.165, 1.54) is 0 Å². The van der Waals surface area contributed by atoms with E-state index in [0.717, 1.165) is 0 Å². The van der Waals surface area contributed by atoms with Crippen molar-refractivity contribution in [2.45, 2.75) is 25.9 Å². The summed E-state index contributed by atoms with van der Waals surface area (Å²) in [7, 11) is 0. The average molecular weight is 328 g/mol. The molecule has 0 aromatic carbocycles. The standard InChI is InChI=1S/C14H20N2O7/c1-3-20-13(17)9-5-22-11(15-9)7-19-8-12-16-10(6-23-12)14(18)21-4-2/h9-10H,3-8H2,1-2H3. The van der Waals surface area contributed by atoms with E-state index in [1.807, 2.05) is 0 Å². The van der Waals surface area contributed by atoms with Crippen molar-refractivity contribution in [1.82, 2.24) is 0 Å². The second-order valence-electron chi connectivity index (χ2n) is 4.70. The summed E-state index contributed by atoms with van der Waals surface area (Å²) in [6.45, 7) is 4.54. The van der Waals surface area contributed by atoms with Crippen LogP contribution < -0.4 is 0 Å². The van der Waals surface area contributed by atoms with Crippen LogP contribution >= 0.6 is 0 Å². The zero-order chi connectivity index (χ0) is 16.7. The van der Waals surface area contributed by atoms with Crippen LogP contribution in [-0.2, 0) is 33.3 Å². The molecule has 0 aromatic heterocycles. The Morgan fingerprint density at radius 2 is 1.39 bits per heavy atom. The molecular weight excluding hydrogens is 308 g/mol. The van der Waals surface area contributed by atoms with E-state index in [2.05, 4.69) is 9.98 Å². The quantitative estimate of drug-likeness (QED) is 0.564. The van der Waals surface area contributed by atoms with E-state index >= 15 is 0 Å². The van der Waals surface area contributed by atoms with Crippen LogP contribution in [0.4, 0.5) is 0 Å². The van der Waals surface area contributed by atoms with Gasteiger partial charge < -0.3 is 23.7 Å². The van der Waals surface area contributed by atoms with Crippen molar-refractivity contribution in [3.63, 3.8) is 0 Å². The van der Waals surface area contributed by atoms with Crippen molar-refractivity contribution < 1.29 is 33.3 Å². The number of aliphatic imine (C=N–C) groups is 2. The van der Waals surface area contributed by atoms with Gasteiger partial charge in [0.05, 0.1) is 13.2 Å². The predicted octanol–water partition coefficient (Wildman–Crippen LogP) is -0.276. The maximum atomic E-state index is 11.5. The number of nitrogens with zero attached hydrogens (tertiary/aromatic N) is 2. The number of esters is 2. The van der Waals surface area contributed by atoms with Gasteiger partial charge in [-0.2, -0.15) is 0 Å². The third-order valence-corrected chi connectivity index (χ3v) is 2.98. The van der Waals surface area contributed by atoms with Gasteiger partial charge in [0.15, 0.2) is 12.1 Å². The van der Waals surface area contributed by atoms with Crippen LogP contribution in [0, 0.1) is 0 Å². The Bertz CT molecular complexity index is 459. The van der Waals surface area contributed by atoms with Gasteiger partial charge in [0.1, 0.15) is 26.4 Å². The van der Waals surface area contributed by atoms with Gasteiger partial charge in [-0.3, -0.25) is 0 Å². The van der Waals surface area contributed by atoms with Crippen molar-refractivity contribution in [2.75, 3.05) is 39.6 Å². The van der Waals surface area contributed by atoms with Crippen molar-refractivity contribution >= 4 is 23.7 Å². The molecule has 2 aliphatic heterocycles. The highest BCUT2D eigenvalue weighted by Crippen LogP contribution is 2.09. The fourth-order valence-electron chi connectivity index (χ4n) is 1.95. The summed E-state index contributed by atoms with van der Waals surface area (Å²) in [5, 5.41) is 0. The summed E-state index contributed by atoms with van der Waals surface area (Å²) in [4.78, 5) is 31.1. The first-order valence-electron chi connectivity index (χ1n) is 7.44. The van der Waals surface area contributed by atoms with Crippen LogP contribution in [-0.4, -0.2) is 75.5 Å². The summed E-state index contributed by atoms with van der Waals surface area (Å²) in [6.07, 6.45) is 0. The highest BCUT2D eigenvalue weighted by atomic mass is 16.6. The van der Waals surface area contributed by atoms with E-state index < -0.39 is 24.0 Å². The third kappa shape index (κ3) is 4.92. The summed E-state index contributed by atoms with van der Waals surface area (Å²) in [6, 6.07) is -1.27. The SMILES string of the molecule is CCOC(=O)C1COC(COCC2=NC(C(=O)OCC)CO2)=N1. The Morgan fingerprint density at radius 1 is 0.957 bits per heavy atom. The monoisotopic (exact) mass is 328 g/mol. The van der Waals surface area contributed by atoms with E-state index in [9.17, 15) is 9.59 Å². The molecule has 128 valence electrons. The molecule has 2 rings (SSSR count). The van der Waals surface area contributed by atoms with Crippen LogP contribution in [0.2, 0.25) is 0 Å². The molecule has 2 heterocycles. The molecule has 9 heteroatoms. The molecule has 0 radical (unpaired) electrons. The maximum Gasteiger partial charge on any atom is 0.334 e. The van der Waals surface area contributed by atoms with Crippen LogP contribution in [0.15, 0.2) is 9.98 Å². The largest absolute Gasteiger partial charge is 0.476 e. The van der Waals surface area contributed by atoms with E-state index in [0.29, 0.717) is 25.0 Å². The molecule has 0 saturated heterocycles. The summed E-state index contributed by atoms with van der Waals surface area (Å²) >= 11 is 0. The molecule has 0 amide bonds. The molecule has 0 spiro atoms. The molecule has 9 nitrogen and oxygen atoms in total. The fraction of sp³-hybridized carbons (Fsp3) is 0.714. The molecule has 23 heavy (non-hydrogen) atoms. The van der Waals surface area contributed by atoms with Crippen molar-refractivity contribution in [3.05, 3.63) is 0 Å². The minimum Gasteiger partial charge on any atom is -0.476 e. The van der Waals surface area contributed by atoms with Crippen LogP contribution in [0.3, 0.4) is 0 Å². The third-order valence-electron chi connectivity index (χ3n) is 2.98. The lowest BCUT2D eigenvalue weighted by atomic mass is 10.3. The lowest BCUT2D eigenvalue weighted by Gasteiger charge is -2.03. The zero-order valence-corrected chi connectivity index (χ0v) is 13.1. The highest BCUT2D eigenvalue weighted by Gasteiger charge is 2.28. The molecule has 2 unspecified atom stereocenters. The fourth-order valence-corrected chi connectivity index (χ4v) is 1.95. The smallest absolute Gasteiger partial charge is 0.334 e. The lowest BCUT2D eigenvalue weighted by Crippen LogP contribution is -2.22. The highest BCUT2D eigenvalue weighted by molar-refractivity contribution is 5.87. The summed E-state index contributed by atoms with van der Waals surface area (Å²) in [5.41, 5.74) is 0. The Labute approximate surface area is 133 Å². The first kappa shape index (κ1) is 17.2. The van der Waals surface area contributed by atoms with Gasteiger partial charge in [-0.25, -0.2) is 19.6 Å². The van der Waals surface area contributed by atoms with Gasteiger partial charge in [-0.05, 0) is 13.8 Å². The van der Waals surface area contributed by atoms with E-state index in [1.54, 1.807) is 13.8 Å². The Kier molecular flexibility index (Phi) is 6.33. The Balaban J connectivity index is 1.71. The summed E-state index contributed by atoms with van der Waals surface area (Å²) < 4.78 is 25.6. The molecule has 0 fully saturated rings. The molecule has 2 aliphatic rings. The van der Waals surface area contributed by atoms with E-state index in [4.69, 9.17) is 23.7 Å². The van der Waals surface area contributed by atoms with Gasteiger partial charge in [0.25, 0.3) is 0 Å². The molecule has 0 aliphatic carbocycles. The number of carbonyl (C=O) groups excluding carboxylic acids is 2. The molecule has 0 bridgehead atoms. The van der Waals surface area contributed by atoms with Gasteiger partial charge in [-0.1, -0.05) is 0 Å². The van der Waals surface area contributed by atoms with Gasteiger partial charge >= 0.3 is 11.9 Å². The number of carbonyl (C=O) groups is 2. The first-order chi connectivity index (χ1) is 11.1. The van der Waals surface area contributed by atoms with Crippen molar-refractivity contribution in [3.8, 4) is 0 Å². The first-order valence-corrected chi connectivity index (χ1v) is 7.44. The lowest BCUT2D eigenvalue weighted by molar-refractivity contribution is -0.145. The number of hydrogen-bond donors (Lipinski definition) is 0. The minimum atomic E-state index is -0.637. The van der Waals surface area contributed by atoms with Gasteiger partial charge in [-0.15, -0.1) is 0 Å². The second kappa shape index (κ2) is 8.47. The average Bonchev–Trinajstić information content (AvgIpc) is 3.17. The van der Waals surface area contributed by atoms with Crippen molar-refractivity contribution in [2.24, 2.45) is 9.98 Å². The number of rotatable bonds is 8. The van der Waals surface area contributed by atoms with Crippen LogP contribution in [0.1, 0.15) is 13.8 Å². The molecule has 0 N–H and O–H groups in total. The van der Waals surface area contributed by atoms with Crippen LogP contribution in [0.5, 0.6) is 0 Å². The number of hydrogen-bond acceptors (Lipinski definition) is 9. The zero-order valence-electron chi connectivity index (χ0n) is 13.1. The molecule has 0 aromatic rings. The van der Waals surface area contributed by atoms with Gasteiger partial charge in [0, 0.05) is 0 Å². The maximum absolute atomic E-state index is 11.5. The topological polar surface area (TPSA) is 105 Å².